The first-order valence-electron chi connectivity index (χ1n) is 6.46. The van der Waals surface area contributed by atoms with Crippen LogP contribution in [0.2, 0.25) is 0 Å². The maximum Gasteiger partial charge on any atom is 0.270 e. The van der Waals surface area contributed by atoms with Gasteiger partial charge in [0, 0.05) is 24.1 Å². The number of carbonyl (C=O) groups excluding carboxylic acids is 1. The maximum absolute atomic E-state index is 11.7. The molecule has 0 saturated carbocycles. The second-order valence-electron chi connectivity index (χ2n) is 4.44. The summed E-state index contributed by atoms with van der Waals surface area (Å²) in [5.74, 6) is 0.220. The Kier molecular flexibility index (Phi) is 4.27. The molecule has 1 amide bonds. The van der Waals surface area contributed by atoms with E-state index in [-0.39, 0.29) is 11.6 Å². The van der Waals surface area contributed by atoms with E-state index >= 15 is 0 Å². The Labute approximate surface area is 120 Å². The van der Waals surface area contributed by atoms with E-state index in [9.17, 15) is 14.9 Å². The van der Waals surface area contributed by atoms with Crippen LogP contribution >= 0.6 is 0 Å². The van der Waals surface area contributed by atoms with Crippen molar-refractivity contribution < 1.29 is 9.72 Å². The van der Waals surface area contributed by atoms with Gasteiger partial charge >= 0.3 is 0 Å². The first kappa shape index (κ1) is 14.6. The van der Waals surface area contributed by atoms with Crippen molar-refractivity contribution in [3.8, 4) is 0 Å². The molecule has 0 aliphatic carbocycles. The normalized spacial score (nSPS) is 11.9. The van der Waals surface area contributed by atoms with Crippen LogP contribution in [0.1, 0.15) is 13.8 Å². The topological polar surface area (TPSA) is 110 Å². The van der Waals surface area contributed by atoms with Gasteiger partial charge in [0.15, 0.2) is 0 Å². The number of fused-ring (bicyclic) bond motifs is 1. The van der Waals surface area contributed by atoms with Gasteiger partial charge in [-0.1, -0.05) is 0 Å². The Morgan fingerprint density at radius 3 is 2.86 bits per heavy atom. The van der Waals surface area contributed by atoms with E-state index < -0.39 is 11.0 Å². The van der Waals surface area contributed by atoms with Gasteiger partial charge in [0.05, 0.1) is 10.4 Å². The predicted octanol–water partition coefficient (Wildman–Crippen LogP) is 1.47. The molecule has 0 bridgehead atoms. The number of amides is 1. The van der Waals surface area contributed by atoms with Crippen molar-refractivity contribution in [2.45, 2.75) is 19.9 Å². The Hall–Kier alpha value is -2.77. The lowest BCUT2D eigenvalue weighted by molar-refractivity contribution is -0.384. The number of hydrogen-bond donors (Lipinski definition) is 2. The van der Waals surface area contributed by atoms with Crippen molar-refractivity contribution >= 4 is 28.3 Å². The maximum atomic E-state index is 11.7. The van der Waals surface area contributed by atoms with Gasteiger partial charge < -0.3 is 10.6 Å². The van der Waals surface area contributed by atoms with E-state index in [0.29, 0.717) is 23.3 Å². The second-order valence-corrected chi connectivity index (χ2v) is 4.44. The van der Waals surface area contributed by atoms with E-state index in [1.54, 1.807) is 13.0 Å². The minimum atomic E-state index is -0.512. The smallest absolute Gasteiger partial charge is 0.270 e. The quantitative estimate of drug-likeness (QED) is 0.637. The average Bonchev–Trinajstić information content (AvgIpc) is 2.47. The summed E-state index contributed by atoms with van der Waals surface area (Å²) < 4.78 is 0. The Morgan fingerprint density at radius 1 is 1.43 bits per heavy atom. The molecule has 0 fully saturated rings. The molecule has 1 atom stereocenters. The predicted molar refractivity (Wildman–Crippen MR) is 78.0 cm³/mol. The van der Waals surface area contributed by atoms with Crippen LogP contribution in [0.3, 0.4) is 0 Å². The summed E-state index contributed by atoms with van der Waals surface area (Å²) in [6, 6.07) is 3.81. The number of benzene rings is 1. The molecule has 0 spiro atoms. The zero-order chi connectivity index (χ0) is 15.4. The second kappa shape index (κ2) is 6.12. The van der Waals surface area contributed by atoms with Crippen molar-refractivity contribution in [3.63, 3.8) is 0 Å². The van der Waals surface area contributed by atoms with E-state index in [1.807, 2.05) is 6.92 Å². The first-order valence-corrected chi connectivity index (χ1v) is 6.46. The molecule has 2 N–H and O–H groups in total. The van der Waals surface area contributed by atoms with E-state index in [4.69, 9.17) is 0 Å². The number of likely N-dealkylation sites (N-methyl/N-ethyl adjacent to an activating group) is 1. The van der Waals surface area contributed by atoms with Crippen LogP contribution in [0, 0.1) is 10.1 Å². The van der Waals surface area contributed by atoms with Crippen molar-refractivity contribution in [2.24, 2.45) is 0 Å². The number of nitro groups is 1. The molecule has 1 heterocycles. The van der Waals surface area contributed by atoms with Crippen LogP contribution in [0.5, 0.6) is 0 Å². The Bertz CT molecular complexity index is 689. The van der Waals surface area contributed by atoms with Crippen molar-refractivity contribution in [2.75, 3.05) is 11.9 Å². The highest BCUT2D eigenvalue weighted by Crippen LogP contribution is 2.24. The lowest BCUT2D eigenvalue weighted by Crippen LogP contribution is -2.37. The first-order chi connectivity index (χ1) is 10.0. The summed E-state index contributed by atoms with van der Waals surface area (Å²) in [6.07, 6.45) is 1.35. The molecule has 0 radical (unpaired) electrons. The third-order valence-corrected chi connectivity index (χ3v) is 2.93. The largest absolute Gasteiger partial charge is 0.358 e. The van der Waals surface area contributed by atoms with Crippen LogP contribution < -0.4 is 10.6 Å². The Balaban J connectivity index is 2.37. The molecule has 2 rings (SSSR count). The monoisotopic (exact) mass is 289 g/mol. The molecule has 1 aromatic carbocycles. The van der Waals surface area contributed by atoms with Crippen LogP contribution in [0.25, 0.3) is 10.9 Å². The number of nitro benzene ring substituents is 1. The van der Waals surface area contributed by atoms with Gasteiger partial charge in [0.2, 0.25) is 5.91 Å². The Morgan fingerprint density at radius 2 is 2.19 bits per heavy atom. The molecule has 0 aliphatic rings. The molecule has 21 heavy (non-hydrogen) atoms. The van der Waals surface area contributed by atoms with Crippen LogP contribution in [0.15, 0.2) is 24.5 Å². The summed E-state index contributed by atoms with van der Waals surface area (Å²) in [6.45, 7) is 4.05. The van der Waals surface area contributed by atoms with E-state index in [1.165, 1.54) is 18.5 Å². The van der Waals surface area contributed by atoms with Gasteiger partial charge in [-0.05, 0) is 19.9 Å². The number of anilines is 1. The lowest BCUT2D eigenvalue weighted by atomic mass is 10.2. The van der Waals surface area contributed by atoms with E-state index in [2.05, 4.69) is 20.6 Å². The standard InChI is InChI=1S/C13H15N5O3/c1-3-14-13(19)8(2)17-12-10-6-9(18(20)21)4-5-11(10)15-7-16-12/h4-8H,3H2,1-2H3,(H,14,19)(H,15,16,17). The minimum Gasteiger partial charge on any atom is -0.358 e. The number of aromatic nitrogens is 2. The zero-order valence-corrected chi connectivity index (χ0v) is 11.7. The molecule has 0 aliphatic heterocycles. The van der Waals surface area contributed by atoms with Gasteiger partial charge in [-0.15, -0.1) is 0 Å². The van der Waals surface area contributed by atoms with Gasteiger partial charge in [-0.2, -0.15) is 0 Å². The third kappa shape index (κ3) is 3.22. The number of nitrogens with zero attached hydrogens (tertiary/aromatic N) is 3. The fourth-order valence-electron chi connectivity index (χ4n) is 1.87. The molecular weight excluding hydrogens is 274 g/mol. The molecule has 2 aromatic rings. The van der Waals surface area contributed by atoms with Gasteiger partial charge in [-0.25, -0.2) is 9.97 Å². The minimum absolute atomic E-state index is 0.0500. The van der Waals surface area contributed by atoms with Gasteiger partial charge in [0.25, 0.3) is 5.69 Å². The molecule has 8 heteroatoms. The highest BCUT2D eigenvalue weighted by atomic mass is 16.6. The van der Waals surface area contributed by atoms with Crippen molar-refractivity contribution in [1.82, 2.24) is 15.3 Å². The number of nitrogens with one attached hydrogen (secondary N) is 2. The lowest BCUT2D eigenvalue weighted by Gasteiger charge is -2.14. The highest BCUT2D eigenvalue weighted by Gasteiger charge is 2.15. The molecular formula is C13H15N5O3. The fourth-order valence-corrected chi connectivity index (χ4v) is 1.87. The summed E-state index contributed by atoms with van der Waals surface area (Å²) in [5, 5.41) is 17.0. The molecule has 0 saturated heterocycles. The van der Waals surface area contributed by atoms with Gasteiger partial charge in [-0.3, -0.25) is 14.9 Å². The van der Waals surface area contributed by atoms with Crippen LogP contribution in [0.4, 0.5) is 11.5 Å². The van der Waals surface area contributed by atoms with Crippen LogP contribution in [-0.2, 0) is 4.79 Å². The highest BCUT2D eigenvalue weighted by molar-refractivity contribution is 5.93. The van der Waals surface area contributed by atoms with E-state index in [0.717, 1.165) is 0 Å². The third-order valence-electron chi connectivity index (χ3n) is 2.93. The average molecular weight is 289 g/mol. The molecule has 1 aromatic heterocycles. The molecule has 1 unspecified atom stereocenters. The number of non-ortho nitro benzene ring substituents is 1. The SMILES string of the molecule is CCNC(=O)C(C)Nc1ncnc2ccc([N+](=O)[O-])cc12. The molecule has 110 valence electrons. The van der Waals surface area contributed by atoms with Crippen LogP contribution in [-0.4, -0.2) is 33.4 Å². The summed E-state index contributed by atoms with van der Waals surface area (Å²) in [5.41, 5.74) is 0.521. The summed E-state index contributed by atoms with van der Waals surface area (Å²) in [7, 11) is 0. The van der Waals surface area contributed by atoms with Gasteiger partial charge in [0.1, 0.15) is 18.2 Å². The number of hydrogen-bond acceptors (Lipinski definition) is 6. The summed E-state index contributed by atoms with van der Waals surface area (Å²) in [4.78, 5) is 30.2. The zero-order valence-electron chi connectivity index (χ0n) is 11.7. The number of carbonyl (C=O) groups is 1. The van der Waals surface area contributed by atoms with Crippen molar-refractivity contribution in [3.05, 3.63) is 34.6 Å². The summed E-state index contributed by atoms with van der Waals surface area (Å²) >= 11 is 0. The molecule has 8 nitrogen and oxygen atoms in total. The fraction of sp³-hybridized carbons (Fsp3) is 0.308. The van der Waals surface area contributed by atoms with Crippen molar-refractivity contribution in [1.29, 1.82) is 0 Å². The number of rotatable bonds is 5.